The maximum absolute atomic E-state index is 12.1. The quantitative estimate of drug-likeness (QED) is 0.780. The second-order valence-electron chi connectivity index (χ2n) is 3.96. The van der Waals surface area contributed by atoms with E-state index in [0.717, 1.165) is 37.2 Å². The van der Waals surface area contributed by atoms with Crippen molar-refractivity contribution in [3.05, 3.63) is 29.8 Å². The number of carbonyl (C=O) groups excluding carboxylic acids is 1. The van der Waals surface area contributed by atoms with E-state index in [1.807, 2.05) is 36.1 Å². The number of benzene rings is 1. The predicted octanol–water partition coefficient (Wildman–Crippen LogP) is 2.32. The first kappa shape index (κ1) is 11.0. The van der Waals surface area contributed by atoms with E-state index in [-0.39, 0.29) is 5.91 Å². The lowest BCUT2D eigenvalue weighted by atomic mass is 10.2. The lowest BCUT2D eigenvalue weighted by molar-refractivity contribution is 0.0792. The van der Waals surface area contributed by atoms with Gasteiger partial charge in [-0.15, -0.1) is 0 Å². The van der Waals surface area contributed by atoms with Crippen LogP contribution in [0, 0.1) is 0 Å². The lowest BCUT2D eigenvalue weighted by Gasteiger charge is -2.15. The molecule has 0 bridgehead atoms. The summed E-state index contributed by atoms with van der Waals surface area (Å²) in [5.41, 5.74) is 0.729. The Morgan fingerprint density at radius 3 is 2.81 bits per heavy atom. The Morgan fingerprint density at radius 2 is 2.12 bits per heavy atom. The van der Waals surface area contributed by atoms with E-state index in [0.29, 0.717) is 6.61 Å². The van der Waals surface area contributed by atoms with E-state index in [1.54, 1.807) is 0 Å². The summed E-state index contributed by atoms with van der Waals surface area (Å²) in [7, 11) is 0. The van der Waals surface area contributed by atoms with Crippen molar-refractivity contribution in [3.8, 4) is 5.75 Å². The third-order valence-electron chi connectivity index (χ3n) is 2.79. The van der Waals surface area contributed by atoms with Gasteiger partial charge in [0.15, 0.2) is 0 Å². The number of amides is 1. The molecular formula is C13H17NO2. The number of nitrogens with zero attached hydrogens (tertiary/aromatic N) is 1. The monoisotopic (exact) mass is 219 g/mol. The normalized spacial score (nSPS) is 15.2. The lowest BCUT2D eigenvalue weighted by Crippen LogP contribution is -2.27. The maximum Gasteiger partial charge on any atom is 0.253 e. The van der Waals surface area contributed by atoms with Gasteiger partial charge in [0, 0.05) is 18.7 Å². The molecule has 0 aliphatic carbocycles. The molecule has 0 spiro atoms. The Kier molecular flexibility index (Phi) is 3.44. The minimum Gasteiger partial charge on any atom is -0.494 e. The van der Waals surface area contributed by atoms with Gasteiger partial charge in [-0.05, 0) is 38.0 Å². The third kappa shape index (κ3) is 2.35. The highest BCUT2D eigenvalue weighted by Gasteiger charge is 2.19. The Balaban J connectivity index is 2.12. The molecule has 0 N–H and O–H groups in total. The number of rotatable bonds is 3. The van der Waals surface area contributed by atoms with Gasteiger partial charge in [-0.3, -0.25) is 4.79 Å². The van der Waals surface area contributed by atoms with Gasteiger partial charge in [0.1, 0.15) is 5.75 Å². The number of hydrogen-bond acceptors (Lipinski definition) is 2. The fourth-order valence-electron chi connectivity index (χ4n) is 1.99. The van der Waals surface area contributed by atoms with Gasteiger partial charge in [-0.25, -0.2) is 0 Å². The molecule has 0 aromatic heterocycles. The molecular weight excluding hydrogens is 202 g/mol. The summed E-state index contributed by atoms with van der Waals surface area (Å²) in [6.45, 7) is 4.34. The largest absolute Gasteiger partial charge is 0.494 e. The number of ether oxygens (including phenoxy) is 1. The van der Waals surface area contributed by atoms with E-state index < -0.39 is 0 Å². The second-order valence-corrected chi connectivity index (χ2v) is 3.96. The zero-order valence-corrected chi connectivity index (χ0v) is 9.61. The smallest absolute Gasteiger partial charge is 0.253 e. The molecule has 16 heavy (non-hydrogen) atoms. The first-order chi connectivity index (χ1) is 7.81. The minimum absolute atomic E-state index is 0.124. The van der Waals surface area contributed by atoms with Crippen molar-refractivity contribution in [1.29, 1.82) is 0 Å². The van der Waals surface area contributed by atoms with Crippen LogP contribution in [0.5, 0.6) is 5.75 Å². The highest BCUT2D eigenvalue weighted by Crippen LogP contribution is 2.17. The maximum atomic E-state index is 12.1. The van der Waals surface area contributed by atoms with Gasteiger partial charge in [-0.2, -0.15) is 0 Å². The van der Waals surface area contributed by atoms with Crippen LogP contribution < -0.4 is 4.74 Å². The van der Waals surface area contributed by atoms with Crippen molar-refractivity contribution < 1.29 is 9.53 Å². The number of carbonyl (C=O) groups is 1. The second kappa shape index (κ2) is 5.01. The van der Waals surface area contributed by atoms with E-state index >= 15 is 0 Å². The van der Waals surface area contributed by atoms with Gasteiger partial charge >= 0.3 is 0 Å². The fraction of sp³-hybridized carbons (Fsp3) is 0.462. The zero-order chi connectivity index (χ0) is 11.4. The van der Waals surface area contributed by atoms with Crippen LogP contribution in [0.25, 0.3) is 0 Å². The molecule has 0 unspecified atom stereocenters. The Hall–Kier alpha value is -1.51. The summed E-state index contributed by atoms with van der Waals surface area (Å²) < 4.78 is 5.39. The number of hydrogen-bond donors (Lipinski definition) is 0. The molecule has 3 nitrogen and oxygen atoms in total. The van der Waals surface area contributed by atoms with Crippen molar-refractivity contribution in [2.24, 2.45) is 0 Å². The molecule has 1 aromatic rings. The van der Waals surface area contributed by atoms with Crippen molar-refractivity contribution in [2.45, 2.75) is 19.8 Å². The summed E-state index contributed by atoms with van der Waals surface area (Å²) in [4.78, 5) is 14.0. The van der Waals surface area contributed by atoms with Crippen LogP contribution in [-0.2, 0) is 0 Å². The predicted molar refractivity (Wildman–Crippen MR) is 62.7 cm³/mol. The molecule has 0 radical (unpaired) electrons. The van der Waals surface area contributed by atoms with E-state index in [4.69, 9.17) is 4.74 Å². The fourth-order valence-corrected chi connectivity index (χ4v) is 1.99. The first-order valence-corrected chi connectivity index (χ1v) is 5.83. The van der Waals surface area contributed by atoms with Crippen LogP contribution in [0.2, 0.25) is 0 Å². The van der Waals surface area contributed by atoms with Crippen LogP contribution in [0.1, 0.15) is 30.1 Å². The van der Waals surface area contributed by atoms with Crippen LogP contribution in [-0.4, -0.2) is 30.5 Å². The molecule has 1 aromatic carbocycles. The van der Waals surface area contributed by atoms with Crippen molar-refractivity contribution in [2.75, 3.05) is 19.7 Å². The van der Waals surface area contributed by atoms with Gasteiger partial charge in [0.05, 0.1) is 6.61 Å². The zero-order valence-electron chi connectivity index (χ0n) is 9.61. The van der Waals surface area contributed by atoms with E-state index in [1.165, 1.54) is 0 Å². The van der Waals surface area contributed by atoms with Gasteiger partial charge in [0.2, 0.25) is 0 Å². The molecule has 1 aliphatic rings. The molecule has 2 rings (SSSR count). The van der Waals surface area contributed by atoms with Crippen LogP contribution in [0.15, 0.2) is 24.3 Å². The topological polar surface area (TPSA) is 29.5 Å². The van der Waals surface area contributed by atoms with Crippen LogP contribution >= 0.6 is 0 Å². The summed E-state index contributed by atoms with van der Waals surface area (Å²) in [5.74, 6) is 0.895. The molecule has 1 heterocycles. The van der Waals surface area contributed by atoms with Crippen molar-refractivity contribution >= 4 is 5.91 Å². The van der Waals surface area contributed by atoms with E-state index in [2.05, 4.69) is 0 Å². The molecule has 1 aliphatic heterocycles. The first-order valence-electron chi connectivity index (χ1n) is 5.83. The van der Waals surface area contributed by atoms with Crippen LogP contribution in [0.4, 0.5) is 0 Å². The van der Waals surface area contributed by atoms with Gasteiger partial charge < -0.3 is 9.64 Å². The summed E-state index contributed by atoms with van der Waals surface area (Å²) in [6.07, 6.45) is 2.24. The highest BCUT2D eigenvalue weighted by atomic mass is 16.5. The molecule has 1 amide bonds. The molecule has 1 fully saturated rings. The van der Waals surface area contributed by atoms with Gasteiger partial charge in [-0.1, -0.05) is 6.07 Å². The molecule has 1 saturated heterocycles. The molecule has 0 saturated carbocycles. The minimum atomic E-state index is 0.124. The van der Waals surface area contributed by atoms with Gasteiger partial charge in [0.25, 0.3) is 5.91 Å². The van der Waals surface area contributed by atoms with Crippen LogP contribution in [0.3, 0.4) is 0 Å². The average Bonchev–Trinajstić information content (AvgIpc) is 2.82. The standard InChI is InChI=1S/C13H17NO2/c1-2-16-12-7-5-6-11(10-12)13(15)14-8-3-4-9-14/h5-7,10H,2-4,8-9H2,1H3. The Bertz CT molecular complexity index is 370. The Morgan fingerprint density at radius 1 is 1.38 bits per heavy atom. The van der Waals surface area contributed by atoms with E-state index in [9.17, 15) is 4.79 Å². The summed E-state index contributed by atoms with van der Waals surface area (Å²) >= 11 is 0. The number of likely N-dealkylation sites (tertiary alicyclic amines) is 1. The Labute approximate surface area is 96.0 Å². The SMILES string of the molecule is CCOc1cccc(C(=O)N2CCCC2)c1. The van der Waals surface area contributed by atoms with Crippen molar-refractivity contribution in [3.63, 3.8) is 0 Å². The molecule has 0 atom stereocenters. The third-order valence-corrected chi connectivity index (χ3v) is 2.79. The molecule has 86 valence electrons. The molecule has 3 heteroatoms. The average molecular weight is 219 g/mol. The van der Waals surface area contributed by atoms with Crippen molar-refractivity contribution in [1.82, 2.24) is 4.90 Å². The highest BCUT2D eigenvalue weighted by molar-refractivity contribution is 5.94. The summed E-state index contributed by atoms with van der Waals surface area (Å²) in [5, 5.41) is 0. The summed E-state index contributed by atoms with van der Waals surface area (Å²) in [6, 6.07) is 7.42.